The van der Waals surface area contributed by atoms with E-state index in [-0.39, 0.29) is 5.92 Å². The number of rotatable bonds is 9. The summed E-state index contributed by atoms with van der Waals surface area (Å²) in [5.74, 6) is -1.15. The molecule has 6 heteroatoms. The predicted molar refractivity (Wildman–Crippen MR) is 73.1 cm³/mol. The van der Waals surface area contributed by atoms with E-state index in [9.17, 15) is 9.59 Å². The molecule has 19 heavy (non-hydrogen) atoms. The van der Waals surface area contributed by atoms with Crippen LogP contribution in [0, 0.1) is 5.92 Å². The summed E-state index contributed by atoms with van der Waals surface area (Å²) in [6, 6.07) is -1.29. The van der Waals surface area contributed by atoms with Crippen molar-refractivity contribution in [2.75, 3.05) is 26.8 Å². The number of methoxy groups -OCH3 is 1. The van der Waals surface area contributed by atoms with Crippen molar-refractivity contribution in [1.82, 2.24) is 10.2 Å². The van der Waals surface area contributed by atoms with Crippen LogP contribution >= 0.6 is 0 Å². The quantitative estimate of drug-likeness (QED) is 0.621. The molecule has 0 bridgehead atoms. The second-order valence-corrected chi connectivity index (χ2v) is 4.38. The molecule has 2 N–H and O–H groups in total. The lowest BCUT2D eigenvalue weighted by Gasteiger charge is -2.26. The van der Waals surface area contributed by atoms with Crippen molar-refractivity contribution in [1.29, 1.82) is 0 Å². The van der Waals surface area contributed by atoms with Crippen molar-refractivity contribution in [3.8, 4) is 0 Å². The number of nitrogens with one attached hydrogen (secondary N) is 1. The Kier molecular flexibility index (Phi) is 8.61. The molecule has 0 aromatic rings. The van der Waals surface area contributed by atoms with Crippen molar-refractivity contribution < 1.29 is 19.4 Å². The van der Waals surface area contributed by atoms with E-state index in [1.54, 1.807) is 20.1 Å². The summed E-state index contributed by atoms with van der Waals surface area (Å²) >= 11 is 0. The summed E-state index contributed by atoms with van der Waals surface area (Å²) in [7, 11) is 1.54. The lowest BCUT2D eigenvalue weighted by molar-refractivity contribution is -0.140. The van der Waals surface area contributed by atoms with Crippen LogP contribution in [-0.2, 0) is 9.53 Å². The van der Waals surface area contributed by atoms with E-state index in [1.807, 2.05) is 6.92 Å². The molecule has 6 nitrogen and oxygen atoms in total. The largest absolute Gasteiger partial charge is 0.480 e. The predicted octanol–water partition coefficient (Wildman–Crippen LogP) is 1.33. The number of urea groups is 1. The van der Waals surface area contributed by atoms with Gasteiger partial charge in [0, 0.05) is 20.2 Å². The van der Waals surface area contributed by atoms with Gasteiger partial charge >= 0.3 is 12.0 Å². The molecule has 1 unspecified atom stereocenters. The summed E-state index contributed by atoms with van der Waals surface area (Å²) < 4.78 is 4.92. The van der Waals surface area contributed by atoms with Gasteiger partial charge in [-0.1, -0.05) is 26.3 Å². The molecule has 2 amide bonds. The molecule has 0 aliphatic heterocycles. The summed E-state index contributed by atoms with van der Waals surface area (Å²) in [6.45, 7) is 8.39. The Morgan fingerprint density at radius 1 is 1.53 bits per heavy atom. The van der Waals surface area contributed by atoms with Gasteiger partial charge in [-0.3, -0.25) is 0 Å². The number of carbonyl (C=O) groups is 2. The van der Waals surface area contributed by atoms with E-state index in [2.05, 4.69) is 11.9 Å². The molecule has 110 valence electrons. The number of ether oxygens (including phenoxy) is 1. The number of hydrogen-bond acceptors (Lipinski definition) is 3. The van der Waals surface area contributed by atoms with E-state index in [4.69, 9.17) is 9.84 Å². The summed E-state index contributed by atoms with van der Waals surface area (Å²) in [5, 5.41) is 11.7. The van der Waals surface area contributed by atoms with Crippen LogP contribution in [0.1, 0.15) is 20.3 Å². The fraction of sp³-hybridized carbons (Fsp3) is 0.692. The average Bonchev–Trinajstić information content (AvgIpc) is 2.39. The first-order valence-electron chi connectivity index (χ1n) is 6.35. The third-order valence-electron chi connectivity index (χ3n) is 2.96. The molecule has 0 spiro atoms. The summed E-state index contributed by atoms with van der Waals surface area (Å²) in [5.41, 5.74) is 0. The lowest BCUT2D eigenvalue weighted by Crippen LogP contribution is -2.51. The number of aliphatic carboxylic acids is 1. The number of amides is 2. The fourth-order valence-corrected chi connectivity index (χ4v) is 1.54. The maximum Gasteiger partial charge on any atom is 0.326 e. The van der Waals surface area contributed by atoms with Crippen molar-refractivity contribution in [3.05, 3.63) is 12.7 Å². The van der Waals surface area contributed by atoms with Gasteiger partial charge in [-0.2, -0.15) is 0 Å². The first-order valence-corrected chi connectivity index (χ1v) is 6.35. The monoisotopic (exact) mass is 272 g/mol. The second kappa shape index (κ2) is 9.38. The zero-order valence-corrected chi connectivity index (χ0v) is 11.9. The minimum atomic E-state index is -1.02. The highest BCUT2D eigenvalue weighted by atomic mass is 16.5. The molecule has 0 heterocycles. The normalized spacial score (nSPS) is 13.4. The van der Waals surface area contributed by atoms with Crippen molar-refractivity contribution in [3.63, 3.8) is 0 Å². The van der Waals surface area contributed by atoms with Gasteiger partial charge < -0.3 is 20.1 Å². The van der Waals surface area contributed by atoms with E-state index in [0.29, 0.717) is 26.1 Å². The molecular formula is C13H24N2O4. The van der Waals surface area contributed by atoms with Gasteiger partial charge in [0.1, 0.15) is 6.04 Å². The molecule has 0 aliphatic carbocycles. The zero-order chi connectivity index (χ0) is 14.8. The van der Waals surface area contributed by atoms with Crippen LogP contribution in [0.15, 0.2) is 12.7 Å². The third-order valence-corrected chi connectivity index (χ3v) is 2.96. The van der Waals surface area contributed by atoms with Gasteiger partial charge in [-0.05, 0) is 5.92 Å². The molecule has 0 rings (SSSR count). The van der Waals surface area contributed by atoms with E-state index in [0.717, 1.165) is 0 Å². The maximum absolute atomic E-state index is 12.0. The molecule has 0 aromatic carbocycles. The van der Waals surface area contributed by atoms with Crippen molar-refractivity contribution in [2.24, 2.45) is 5.92 Å². The first-order chi connectivity index (χ1) is 8.97. The highest BCUT2D eigenvalue weighted by Crippen LogP contribution is 2.08. The van der Waals surface area contributed by atoms with Crippen LogP contribution in [0.3, 0.4) is 0 Å². The van der Waals surface area contributed by atoms with E-state index >= 15 is 0 Å². The second-order valence-electron chi connectivity index (χ2n) is 4.38. The molecule has 2 atom stereocenters. The standard InChI is InChI=1S/C13H24N2O4/c1-5-7-15(8-9-19-4)13(18)14-11(12(16)17)10(3)6-2/h5,10-11H,1,6-9H2,2-4H3,(H,14,18)(H,16,17)/t10?,11-/m0/s1. The Bertz CT molecular complexity index is 307. The van der Waals surface area contributed by atoms with Crippen LogP contribution in [0.2, 0.25) is 0 Å². The molecule has 0 aliphatic rings. The Labute approximate surface area is 114 Å². The Balaban J connectivity index is 4.64. The number of carbonyl (C=O) groups excluding carboxylic acids is 1. The van der Waals surface area contributed by atoms with Crippen LogP contribution in [0.5, 0.6) is 0 Å². The van der Waals surface area contributed by atoms with E-state index in [1.165, 1.54) is 4.90 Å². The molecule has 0 saturated heterocycles. The molecule has 0 saturated carbocycles. The van der Waals surface area contributed by atoms with Crippen molar-refractivity contribution >= 4 is 12.0 Å². The van der Waals surface area contributed by atoms with Crippen LogP contribution in [0.4, 0.5) is 4.79 Å². The van der Waals surface area contributed by atoms with Gasteiger partial charge in [-0.25, -0.2) is 9.59 Å². The van der Waals surface area contributed by atoms with Gasteiger partial charge in [-0.15, -0.1) is 6.58 Å². The van der Waals surface area contributed by atoms with Gasteiger partial charge in [0.05, 0.1) is 6.61 Å². The van der Waals surface area contributed by atoms with Crippen LogP contribution in [0.25, 0.3) is 0 Å². The van der Waals surface area contributed by atoms with Crippen molar-refractivity contribution in [2.45, 2.75) is 26.3 Å². The Hall–Kier alpha value is -1.56. The number of hydrogen-bond donors (Lipinski definition) is 2. The van der Waals surface area contributed by atoms with Crippen LogP contribution in [-0.4, -0.2) is 54.9 Å². The first kappa shape index (κ1) is 17.4. The molecular weight excluding hydrogens is 248 g/mol. The Morgan fingerprint density at radius 2 is 2.16 bits per heavy atom. The van der Waals surface area contributed by atoms with Gasteiger partial charge in [0.2, 0.25) is 0 Å². The number of carboxylic acid groups (broad SMARTS) is 1. The summed E-state index contributed by atoms with van der Waals surface area (Å²) in [6.07, 6.45) is 2.27. The molecule has 0 radical (unpaired) electrons. The summed E-state index contributed by atoms with van der Waals surface area (Å²) in [4.78, 5) is 24.6. The zero-order valence-electron chi connectivity index (χ0n) is 11.9. The highest BCUT2D eigenvalue weighted by Gasteiger charge is 2.26. The third kappa shape index (κ3) is 6.24. The SMILES string of the molecule is C=CCN(CCOC)C(=O)N[C@H](C(=O)O)C(C)CC. The molecule has 0 aromatic heterocycles. The number of carboxylic acids is 1. The average molecular weight is 272 g/mol. The Morgan fingerprint density at radius 3 is 2.58 bits per heavy atom. The minimum absolute atomic E-state index is 0.130. The highest BCUT2D eigenvalue weighted by molar-refractivity contribution is 5.82. The smallest absolute Gasteiger partial charge is 0.326 e. The lowest BCUT2D eigenvalue weighted by atomic mass is 9.99. The molecule has 0 fully saturated rings. The fourth-order valence-electron chi connectivity index (χ4n) is 1.54. The number of nitrogens with zero attached hydrogens (tertiary/aromatic N) is 1. The van der Waals surface area contributed by atoms with Gasteiger partial charge in [0.15, 0.2) is 0 Å². The maximum atomic E-state index is 12.0. The van der Waals surface area contributed by atoms with E-state index < -0.39 is 18.0 Å². The topological polar surface area (TPSA) is 78.9 Å². The van der Waals surface area contributed by atoms with Crippen LogP contribution < -0.4 is 5.32 Å². The van der Waals surface area contributed by atoms with Gasteiger partial charge in [0.25, 0.3) is 0 Å². The minimum Gasteiger partial charge on any atom is -0.480 e.